The minimum Gasteiger partial charge on any atom is -0.535 e. The van der Waals surface area contributed by atoms with Crippen LogP contribution in [0.5, 0.6) is 5.75 Å². The van der Waals surface area contributed by atoms with Gasteiger partial charge in [-0.2, -0.15) is 0 Å². The zero-order valence-corrected chi connectivity index (χ0v) is 13.3. The largest absolute Gasteiger partial charge is 0.535 e. The Bertz CT molecular complexity index is 631. The van der Waals surface area contributed by atoms with Gasteiger partial charge in [-0.05, 0) is 42.7 Å². The number of carboxylic acid groups (broad SMARTS) is 1. The Balaban J connectivity index is 1.69. The van der Waals surface area contributed by atoms with Gasteiger partial charge in [-0.3, -0.25) is 0 Å². The molecule has 0 spiro atoms. The third-order valence-corrected chi connectivity index (χ3v) is 6.69. The molecule has 0 saturated heterocycles. The molecule has 3 unspecified atom stereocenters. The molecule has 4 rings (SSSR count). The molecule has 0 radical (unpaired) electrons. The van der Waals surface area contributed by atoms with E-state index in [4.69, 9.17) is 4.65 Å². The van der Waals surface area contributed by atoms with Crippen molar-refractivity contribution in [2.24, 2.45) is 5.92 Å². The van der Waals surface area contributed by atoms with Crippen LogP contribution in [0.25, 0.3) is 0 Å². The highest BCUT2D eigenvalue weighted by Gasteiger charge is 2.54. The van der Waals surface area contributed by atoms with Gasteiger partial charge in [0, 0.05) is 16.0 Å². The van der Waals surface area contributed by atoms with Gasteiger partial charge in [-0.15, -0.1) is 11.8 Å². The van der Waals surface area contributed by atoms with Crippen molar-refractivity contribution < 1.29 is 19.6 Å². The lowest BCUT2D eigenvalue weighted by Gasteiger charge is -2.31. The molecule has 3 aliphatic rings. The minimum absolute atomic E-state index is 0.140. The van der Waals surface area contributed by atoms with Gasteiger partial charge in [0.1, 0.15) is 11.3 Å². The summed E-state index contributed by atoms with van der Waals surface area (Å²) in [5.41, 5.74) is 1.19. The van der Waals surface area contributed by atoms with Crippen LogP contribution in [0.1, 0.15) is 54.4 Å². The molecule has 6 heteroatoms. The van der Waals surface area contributed by atoms with Gasteiger partial charge in [0.15, 0.2) is 0 Å². The summed E-state index contributed by atoms with van der Waals surface area (Å²) < 4.78 is 5.56. The van der Waals surface area contributed by atoms with Crippen molar-refractivity contribution in [2.45, 2.75) is 54.5 Å². The van der Waals surface area contributed by atoms with Gasteiger partial charge >= 0.3 is 13.1 Å². The van der Waals surface area contributed by atoms with Gasteiger partial charge in [-0.25, -0.2) is 4.79 Å². The lowest BCUT2D eigenvalue weighted by molar-refractivity contribution is 0.0690. The summed E-state index contributed by atoms with van der Waals surface area (Å²) in [6.45, 7) is 2.17. The van der Waals surface area contributed by atoms with Gasteiger partial charge < -0.3 is 14.8 Å². The molecule has 1 aromatic carbocycles. The third-order valence-electron chi connectivity index (χ3n) is 5.33. The van der Waals surface area contributed by atoms with Crippen LogP contribution in [-0.2, 0) is 0 Å². The molecule has 2 fully saturated rings. The molecule has 22 heavy (non-hydrogen) atoms. The maximum Gasteiger partial charge on any atom is 0.526 e. The average molecular weight is 318 g/mol. The highest BCUT2D eigenvalue weighted by molar-refractivity contribution is 8.00. The normalized spacial score (nSPS) is 27.3. The fraction of sp³-hybridized carbons (Fsp3) is 0.562. The van der Waals surface area contributed by atoms with Crippen molar-refractivity contribution >= 4 is 24.8 Å². The fourth-order valence-corrected chi connectivity index (χ4v) is 4.91. The van der Waals surface area contributed by atoms with Crippen LogP contribution in [0.15, 0.2) is 17.0 Å². The van der Waals surface area contributed by atoms with E-state index >= 15 is 0 Å². The number of hydrogen-bond acceptors (Lipinski definition) is 4. The molecule has 1 aromatic rings. The first-order valence-corrected chi connectivity index (χ1v) is 8.85. The number of benzene rings is 1. The minimum atomic E-state index is -0.966. The second kappa shape index (κ2) is 5.20. The monoisotopic (exact) mass is 318 g/mol. The highest BCUT2D eigenvalue weighted by Crippen LogP contribution is 2.60. The molecule has 0 amide bonds. The SMILES string of the molecule is CC(Sc1ccc2c(c1C(=O)O)OB(O)C1CC21)C1CCC1. The summed E-state index contributed by atoms with van der Waals surface area (Å²) >= 11 is 1.63. The Kier molecular flexibility index (Phi) is 3.42. The maximum absolute atomic E-state index is 11.8. The van der Waals surface area contributed by atoms with Crippen molar-refractivity contribution in [2.75, 3.05) is 0 Å². The summed E-state index contributed by atoms with van der Waals surface area (Å²) in [4.78, 5) is 12.5. The number of rotatable bonds is 4. The molecule has 1 aliphatic heterocycles. The van der Waals surface area contributed by atoms with E-state index in [0.717, 1.165) is 16.9 Å². The lowest BCUT2D eigenvalue weighted by atomic mass is 9.77. The number of fused-ring (bicyclic) bond motifs is 3. The Morgan fingerprint density at radius 2 is 2.23 bits per heavy atom. The first kappa shape index (κ1) is 14.5. The molecule has 116 valence electrons. The number of carboxylic acids is 1. The van der Waals surface area contributed by atoms with Crippen molar-refractivity contribution in [3.05, 3.63) is 23.3 Å². The van der Waals surface area contributed by atoms with Gasteiger partial charge in [0.05, 0.1) is 0 Å². The summed E-state index contributed by atoms with van der Waals surface area (Å²) in [6, 6.07) is 3.92. The second-order valence-electron chi connectivity index (χ2n) is 6.69. The first-order chi connectivity index (χ1) is 10.6. The van der Waals surface area contributed by atoms with Crippen molar-refractivity contribution in [3.63, 3.8) is 0 Å². The average Bonchev–Trinajstić information content (AvgIpc) is 3.16. The van der Waals surface area contributed by atoms with Gasteiger partial charge in [-0.1, -0.05) is 19.4 Å². The van der Waals surface area contributed by atoms with Crippen molar-refractivity contribution in [3.8, 4) is 5.75 Å². The van der Waals surface area contributed by atoms with Crippen LogP contribution in [0.3, 0.4) is 0 Å². The maximum atomic E-state index is 11.8. The van der Waals surface area contributed by atoms with E-state index in [0.29, 0.717) is 16.9 Å². The predicted molar refractivity (Wildman–Crippen MR) is 85.8 cm³/mol. The Labute approximate surface area is 134 Å². The van der Waals surface area contributed by atoms with Gasteiger partial charge in [0.2, 0.25) is 0 Å². The topological polar surface area (TPSA) is 66.8 Å². The molecule has 4 nitrogen and oxygen atoms in total. The Morgan fingerprint density at radius 1 is 1.45 bits per heavy atom. The fourth-order valence-electron chi connectivity index (χ4n) is 3.60. The molecule has 2 saturated carbocycles. The summed E-state index contributed by atoms with van der Waals surface area (Å²) in [6.07, 6.45) is 4.64. The summed E-state index contributed by atoms with van der Waals surface area (Å²) in [5.74, 6) is 0.513. The second-order valence-corrected chi connectivity index (χ2v) is 8.11. The zero-order valence-electron chi connectivity index (χ0n) is 12.5. The number of carbonyl (C=O) groups is 1. The van der Waals surface area contributed by atoms with Crippen LogP contribution >= 0.6 is 11.8 Å². The van der Waals surface area contributed by atoms with Gasteiger partial charge in [0.25, 0.3) is 0 Å². The van der Waals surface area contributed by atoms with Crippen molar-refractivity contribution in [1.29, 1.82) is 0 Å². The van der Waals surface area contributed by atoms with E-state index in [1.54, 1.807) is 11.8 Å². The Morgan fingerprint density at radius 3 is 2.86 bits per heavy atom. The molecule has 0 aromatic heterocycles. The Hall–Kier alpha value is -1.14. The molecule has 2 aliphatic carbocycles. The van der Waals surface area contributed by atoms with E-state index in [2.05, 4.69) is 6.92 Å². The van der Waals surface area contributed by atoms with E-state index in [1.165, 1.54) is 19.3 Å². The number of hydrogen-bond donors (Lipinski definition) is 2. The van der Waals surface area contributed by atoms with Crippen LogP contribution in [0.4, 0.5) is 0 Å². The van der Waals surface area contributed by atoms with Crippen molar-refractivity contribution in [1.82, 2.24) is 0 Å². The summed E-state index contributed by atoms with van der Waals surface area (Å²) in [5, 5.41) is 20.0. The van der Waals surface area contributed by atoms with E-state index in [-0.39, 0.29) is 17.3 Å². The van der Waals surface area contributed by atoms with Crippen LogP contribution in [0, 0.1) is 5.92 Å². The third kappa shape index (κ3) is 2.24. The molecule has 1 heterocycles. The molecular formula is C16H19BO4S. The highest BCUT2D eigenvalue weighted by atomic mass is 32.2. The lowest BCUT2D eigenvalue weighted by Crippen LogP contribution is -2.28. The number of thioether (sulfide) groups is 1. The zero-order chi connectivity index (χ0) is 15.4. The van der Waals surface area contributed by atoms with Crippen LogP contribution in [0.2, 0.25) is 5.82 Å². The van der Waals surface area contributed by atoms with E-state index < -0.39 is 13.1 Å². The number of aromatic carboxylic acids is 1. The molecular weight excluding hydrogens is 299 g/mol. The molecule has 2 N–H and O–H groups in total. The van der Waals surface area contributed by atoms with E-state index in [1.807, 2.05) is 12.1 Å². The van der Waals surface area contributed by atoms with Crippen LogP contribution in [-0.4, -0.2) is 28.5 Å². The quantitative estimate of drug-likeness (QED) is 0.658. The first-order valence-electron chi connectivity index (χ1n) is 7.98. The van der Waals surface area contributed by atoms with E-state index in [9.17, 15) is 14.9 Å². The standard InChI is InChI=1S/C16H19BO4S/c1-8(9-3-2-4-9)22-13-6-5-10-11-7-12(11)17(20)21-15(10)14(13)16(18)19/h5-6,8-9,11-12,20H,2-4,7H2,1H3,(H,18,19). The predicted octanol–water partition coefficient (Wildman–Crippen LogP) is 3.40. The molecule has 3 atom stereocenters. The van der Waals surface area contributed by atoms with Crippen LogP contribution < -0.4 is 4.65 Å². The summed E-state index contributed by atoms with van der Waals surface area (Å²) in [7, 11) is -0.861. The smallest absolute Gasteiger partial charge is 0.526 e. The molecule has 0 bridgehead atoms.